The first kappa shape index (κ1) is 11.0. The smallest absolute Gasteiger partial charge is 0.273 e. The maximum absolute atomic E-state index is 10.4. The third-order valence-corrected chi connectivity index (χ3v) is 1.67. The summed E-state index contributed by atoms with van der Waals surface area (Å²) in [6, 6.07) is 5.29. The lowest BCUT2D eigenvalue weighted by Crippen LogP contribution is -2.37. The van der Waals surface area contributed by atoms with Gasteiger partial charge in [-0.15, -0.1) is 0 Å². The van der Waals surface area contributed by atoms with E-state index in [4.69, 9.17) is 4.74 Å². The molecule has 6 heteroatoms. The summed E-state index contributed by atoms with van der Waals surface area (Å²) < 4.78 is 4.90. The van der Waals surface area contributed by atoms with E-state index in [9.17, 15) is 20.0 Å². The maximum Gasteiger partial charge on any atom is 0.273 e. The SMILES string of the molecule is CC(Oc1cccc([N+](=O)[O-])c1)C(=O)[O-]. The first-order valence-corrected chi connectivity index (χ1v) is 4.12. The maximum atomic E-state index is 10.4. The van der Waals surface area contributed by atoms with Crippen molar-refractivity contribution in [1.29, 1.82) is 0 Å². The molecular weight excluding hydrogens is 202 g/mol. The summed E-state index contributed by atoms with van der Waals surface area (Å²) in [5.41, 5.74) is -0.155. The average molecular weight is 210 g/mol. The van der Waals surface area contributed by atoms with Gasteiger partial charge in [-0.25, -0.2) is 0 Å². The number of nitro groups is 1. The molecule has 0 radical (unpaired) electrons. The number of carboxylic acids is 1. The van der Waals surface area contributed by atoms with Gasteiger partial charge >= 0.3 is 0 Å². The minimum Gasteiger partial charge on any atom is -0.546 e. The van der Waals surface area contributed by atoms with Gasteiger partial charge in [0.05, 0.1) is 17.0 Å². The van der Waals surface area contributed by atoms with E-state index < -0.39 is 17.0 Å². The molecule has 0 aliphatic rings. The van der Waals surface area contributed by atoms with Crippen LogP contribution in [0.2, 0.25) is 0 Å². The summed E-state index contributed by atoms with van der Waals surface area (Å²) in [7, 11) is 0. The second-order valence-corrected chi connectivity index (χ2v) is 2.83. The summed E-state index contributed by atoms with van der Waals surface area (Å²) in [6.45, 7) is 1.29. The Hall–Kier alpha value is -2.11. The summed E-state index contributed by atoms with van der Waals surface area (Å²) in [4.78, 5) is 20.2. The zero-order valence-corrected chi connectivity index (χ0v) is 7.88. The van der Waals surface area contributed by atoms with Crippen molar-refractivity contribution >= 4 is 11.7 Å². The molecule has 0 aliphatic carbocycles. The Bertz CT molecular complexity index is 390. The highest BCUT2D eigenvalue weighted by atomic mass is 16.6. The van der Waals surface area contributed by atoms with Crippen molar-refractivity contribution in [2.45, 2.75) is 13.0 Å². The van der Waals surface area contributed by atoms with Crippen molar-refractivity contribution in [3.05, 3.63) is 34.4 Å². The molecule has 80 valence electrons. The van der Waals surface area contributed by atoms with Gasteiger partial charge in [-0.2, -0.15) is 0 Å². The van der Waals surface area contributed by atoms with Crippen LogP contribution in [0.25, 0.3) is 0 Å². The fraction of sp³-hybridized carbons (Fsp3) is 0.222. The van der Waals surface area contributed by atoms with Gasteiger partial charge in [0.15, 0.2) is 0 Å². The molecule has 0 aromatic heterocycles. The number of rotatable bonds is 4. The molecule has 0 amide bonds. The van der Waals surface area contributed by atoms with Gasteiger partial charge in [0.1, 0.15) is 11.9 Å². The molecule has 1 unspecified atom stereocenters. The lowest BCUT2D eigenvalue weighted by molar-refractivity contribution is -0.385. The number of non-ortho nitro benzene ring substituents is 1. The van der Waals surface area contributed by atoms with E-state index in [-0.39, 0.29) is 11.4 Å². The number of benzene rings is 1. The van der Waals surface area contributed by atoms with Gasteiger partial charge < -0.3 is 14.6 Å². The molecule has 0 N–H and O–H groups in total. The second-order valence-electron chi connectivity index (χ2n) is 2.83. The van der Waals surface area contributed by atoms with E-state index in [1.807, 2.05) is 0 Å². The highest BCUT2D eigenvalue weighted by Crippen LogP contribution is 2.19. The van der Waals surface area contributed by atoms with Crippen LogP contribution in [0, 0.1) is 10.1 Å². The van der Waals surface area contributed by atoms with Crippen molar-refractivity contribution in [3.63, 3.8) is 0 Å². The van der Waals surface area contributed by atoms with Gasteiger partial charge in [0.2, 0.25) is 0 Å². The third-order valence-electron chi connectivity index (χ3n) is 1.67. The topological polar surface area (TPSA) is 92.5 Å². The average Bonchev–Trinajstić information content (AvgIpc) is 2.18. The molecule has 1 aromatic rings. The fourth-order valence-electron chi connectivity index (χ4n) is 0.923. The Kier molecular flexibility index (Phi) is 3.22. The second kappa shape index (κ2) is 4.41. The van der Waals surface area contributed by atoms with Crippen LogP contribution in [-0.4, -0.2) is 17.0 Å². The molecule has 15 heavy (non-hydrogen) atoms. The Labute approximate surface area is 85.2 Å². The number of carbonyl (C=O) groups is 1. The quantitative estimate of drug-likeness (QED) is 0.519. The van der Waals surface area contributed by atoms with Crippen molar-refractivity contribution in [1.82, 2.24) is 0 Å². The van der Waals surface area contributed by atoms with Crippen LogP contribution >= 0.6 is 0 Å². The fourth-order valence-corrected chi connectivity index (χ4v) is 0.923. The van der Waals surface area contributed by atoms with Gasteiger partial charge in [-0.05, 0) is 13.0 Å². The summed E-state index contributed by atoms with van der Waals surface area (Å²) in [5, 5.41) is 20.7. The van der Waals surface area contributed by atoms with E-state index >= 15 is 0 Å². The van der Waals surface area contributed by atoms with Gasteiger partial charge in [-0.3, -0.25) is 10.1 Å². The number of hydrogen-bond donors (Lipinski definition) is 0. The van der Waals surface area contributed by atoms with Crippen LogP contribution in [0.15, 0.2) is 24.3 Å². The van der Waals surface area contributed by atoms with Crippen LogP contribution in [0.1, 0.15) is 6.92 Å². The minimum absolute atomic E-state index is 0.126. The number of carbonyl (C=O) groups excluding carboxylic acids is 1. The normalized spacial score (nSPS) is 11.8. The van der Waals surface area contributed by atoms with E-state index in [0.29, 0.717) is 0 Å². The molecule has 1 atom stereocenters. The Morgan fingerprint density at radius 1 is 1.53 bits per heavy atom. The predicted molar refractivity (Wildman–Crippen MR) is 48.2 cm³/mol. The molecular formula is C9H8NO5-. The van der Waals surface area contributed by atoms with E-state index in [2.05, 4.69) is 0 Å². The van der Waals surface area contributed by atoms with Crippen molar-refractivity contribution < 1.29 is 19.6 Å². The van der Waals surface area contributed by atoms with Gasteiger partial charge in [-0.1, -0.05) is 6.07 Å². The number of aliphatic carboxylic acids is 1. The molecule has 6 nitrogen and oxygen atoms in total. The van der Waals surface area contributed by atoms with E-state index in [0.717, 1.165) is 6.07 Å². The number of carboxylic acid groups (broad SMARTS) is 1. The first-order chi connectivity index (χ1) is 7.00. The van der Waals surface area contributed by atoms with Crippen LogP contribution in [0.3, 0.4) is 0 Å². The molecule has 0 spiro atoms. The zero-order chi connectivity index (χ0) is 11.4. The van der Waals surface area contributed by atoms with Gasteiger partial charge in [0.25, 0.3) is 5.69 Å². The predicted octanol–water partition coefficient (Wildman–Crippen LogP) is 0.112. The third kappa shape index (κ3) is 2.94. The van der Waals surface area contributed by atoms with Crippen molar-refractivity contribution in [2.24, 2.45) is 0 Å². The standard InChI is InChI=1S/C9H9NO5/c1-6(9(11)12)15-8-4-2-3-7(5-8)10(13)14/h2-6H,1H3,(H,11,12)/p-1. The Morgan fingerprint density at radius 3 is 2.73 bits per heavy atom. The van der Waals surface area contributed by atoms with E-state index in [1.165, 1.54) is 25.1 Å². The summed E-state index contributed by atoms with van der Waals surface area (Å²) >= 11 is 0. The summed E-state index contributed by atoms with van der Waals surface area (Å²) in [6.07, 6.45) is -1.15. The molecule has 0 heterocycles. The highest BCUT2D eigenvalue weighted by Gasteiger charge is 2.09. The molecule has 0 fully saturated rings. The number of hydrogen-bond acceptors (Lipinski definition) is 5. The minimum atomic E-state index is -1.37. The van der Waals surface area contributed by atoms with Crippen LogP contribution in [0.4, 0.5) is 5.69 Å². The van der Waals surface area contributed by atoms with Crippen LogP contribution < -0.4 is 9.84 Å². The summed E-state index contributed by atoms with van der Waals surface area (Å²) in [5.74, 6) is -1.25. The van der Waals surface area contributed by atoms with Crippen LogP contribution in [-0.2, 0) is 4.79 Å². The lowest BCUT2D eigenvalue weighted by atomic mass is 10.3. The van der Waals surface area contributed by atoms with Crippen molar-refractivity contribution in [3.8, 4) is 5.75 Å². The molecule has 0 saturated carbocycles. The number of nitro benzene ring substituents is 1. The largest absolute Gasteiger partial charge is 0.546 e. The Morgan fingerprint density at radius 2 is 2.20 bits per heavy atom. The monoisotopic (exact) mass is 210 g/mol. The van der Waals surface area contributed by atoms with Gasteiger partial charge in [0, 0.05) is 6.07 Å². The number of ether oxygens (including phenoxy) is 1. The first-order valence-electron chi connectivity index (χ1n) is 4.12. The molecule has 1 rings (SSSR count). The lowest BCUT2D eigenvalue weighted by Gasteiger charge is -2.14. The zero-order valence-electron chi connectivity index (χ0n) is 7.88. The van der Waals surface area contributed by atoms with Crippen LogP contribution in [0.5, 0.6) is 5.75 Å². The number of nitrogens with zero attached hydrogens (tertiary/aromatic N) is 1. The highest BCUT2D eigenvalue weighted by molar-refractivity contribution is 5.69. The Balaban J connectivity index is 2.82. The van der Waals surface area contributed by atoms with Crippen molar-refractivity contribution in [2.75, 3.05) is 0 Å². The molecule has 0 aliphatic heterocycles. The molecule has 1 aromatic carbocycles. The molecule has 0 saturated heterocycles. The molecule has 0 bridgehead atoms. The van der Waals surface area contributed by atoms with E-state index in [1.54, 1.807) is 0 Å².